The highest BCUT2D eigenvalue weighted by Crippen LogP contribution is 2.33. The van der Waals surface area contributed by atoms with Gasteiger partial charge in [0.1, 0.15) is 11.5 Å². The number of benzene rings is 1. The van der Waals surface area contributed by atoms with E-state index in [9.17, 15) is 15.0 Å². The Morgan fingerprint density at radius 1 is 1.25 bits per heavy atom. The number of nitrogens with one attached hydrogen (secondary N) is 1. The van der Waals surface area contributed by atoms with E-state index < -0.39 is 0 Å². The van der Waals surface area contributed by atoms with E-state index in [4.69, 9.17) is 5.73 Å². The predicted molar refractivity (Wildman–Crippen MR) is 76.3 cm³/mol. The second-order valence-corrected chi connectivity index (χ2v) is 5.55. The van der Waals surface area contributed by atoms with Gasteiger partial charge >= 0.3 is 0 Å². The molecule has 1 fully saturated rings. The number of carbonyl (C=O) groups is 1. The third-order valence-electron chi connectivity index (χ3n) is 4.11. The van der Waals surface area contributed by atoms with E-state index in [2.05, 4.69) is 5.32 Å². The molecule has 1 amide bonds. The topological polar surface area (TPSA) is 95.6 Å². The fourth-order valence-electron chi connectivity index (χ4n) is 2.97. The molecule has 1 aromatic rings. The maximum absolute atomic E-state index is 11.1. The van der Waals surface area contributed by atoms with Crippen molar-refractivity contribution in [2.75, 3.05) is 0 Å². The Morgan fingerprint density at radius 3 is 2.30 bits per heavy atom. The van der Waals surface area contributed by atoms with Gasteiger partial charge in [0.25, 0.3) is 0 Å². The van der Waals surface area contributed by atoms with Gasteiger partial charge in [0.2, 0.25) is 5.91 Å². The van der Waals surface area contributed by atoms with Crippen LogP contribution in [0.25, 0.3) is 0 Å². The van der Waals surface area contributed by atoms with Crippen LogP contribution in [0.2, 0.25) is 0 Å². The van der Waals surface area contributed by atoms with Gasteiger partial charge in [-0.25, -0.2) is 0 Å². The number of aromatic hydroxyl groups is 2. The van der Waals surface area contributed by atoms with Gasteiger partial charge in [-0.3, -0.25) is 4.79 Å². The van der Waals surface area contributed by atoms with Crippen molar-refractivity contribution < 1.29 is 15.0 Å². The first kappa shape index (κ1) is 14.7. The van der Waals surface area contributed by atoms with Crippen molar-refractivity contribution in [1.29, 1.82) is 0 Å². The summed E-state index contributed by atoms with van der Waals surface area (Å²) in [6.45, 7) is 1.91. The van der Waals surface area contributed by atoms with Gasteiger partial charge in [-0.1, -0.05) is 6.07 Å². The van der Waals surface area contributed by atoms with Crippen LogP contribution in [0, 0.1) is 5.92 Å². The highest BCUT2D eigenvalue weighted by Gasteiger charge is 2.26. The lowest BCUT2D eigenvalue weighted by Crippen LogP contribution is -2.37. The summed E-state index contributed by atoms with van der Waals surface area (Å²) in [5.41, 5.74) is 5.84. The van der Waals surface area contributed by atoms with Gasteiger partial charge in [-0.2, -0.15) is 0 Å². The molecule has 0 aliphatic heterocycles. The van der Waals surface area contributed by atoms with E-state index in [1.807, 2.05) is 6.92 Å². The summed E-state index contributed by atoms with van der Waals surface area (Å²) in [5, 5.41) is 23.1. The molecule has 1 aromatic carbocycles. The number of amides is 1. The molecule has 0 spiro atoms. The number of primary amides is 1. The number of rotatable bonds is 4. The first-order chi connectivity index (χ1) is 9.49. The molecule has 0 aromatic heterocycles. The van der Waals surface area contributed by atoms with Crippen molar-refractivity contribution >= 4 is 5.91 Å². The number of carbonyl (C=O) groups excluding carboxylic acids is 1. The number of hydrogen-bond donors (Lipinski definition) is 4. The molecule has 1 aliphatic rings. The van der Waals surface area contributed by atoms with Crippen molar-refractivity contribution in [2.24, 2.45) is 11.7 Å². The number of nitrogens with two attached hydrogens (primary N) is 1. The molecule has 5 heteroatoms. The maximum atomic E-state index is 11.1. The lowest BCUT2D eigenvalue weighted by Gasteiger charge is -2.30. The fraction of sp³-hybridized carbons (Fsp3) is 0.533. The van der Waals surface area contributed by atoms with Crippen LogP contribution in [0.3, 0.4) is 0 Å². The predicted octanol–water partition coefficient (Wildman–Crippen LogP) is 1.79. The average Bonchev–Trinajstić information content (AvgIpc) is 2.39. The van der Waals surface area contributed by atoms with Gasteiger partial charge in [-0.15, -0.1) is 0 Å². The van der Waals surface area contributed by atoms with Crippen molar-refractivity contribution in [3.8, 4) is 11.5 Å². The van der Waals surface area contributed by atoms with Gasteiger partial charge in [-0.05, 0) is 44.7 Å². The minimum absolute atomic E-state index is 0.0121. The summed E-state index contributed by atoms with van der Waals surface area (Å²) in [6.07, 6.45) is 3.36. The van der Waals surface area contributed by atoms with Crippen molar-refractivity contribution in [2.45, 2.75) is 44.7 Å². The SMILES string of the molecule is CC(NC1CCC(C(N)=O)CC1)c1c(O)cccc1O. The van der Waals surface area contributed by atoms with E-state index >= 15 is 0 Å². The summed E-state index contributed by atoms with van der Waals surface area (Å²) < 4.78 is 0. The summed E-state index contributed by atoms with van der Waals surface area (Å²) >= 11 is 0. The molecule has 1 aliphatic carbocycles. The quantitative estimate of drug-likeness (QED) is 0.675. The van der Waals surface area contributed by atoms with E-state index in [0.717, 1.165) is 25.7 Å². The minimum atomic E-state index is -0.213. The Labute approximate surface area is 118 Å². The van der Waals surface area contributed by atoms with Crippen LogP contribution in [0.15, 0.2) is 18.2 Å². The second-order valence-electron chi connectivity index (χ2n) is 5.55. The van der Waals surface area contributed by atoms with Gasteiger partial charge in [0.15, 0.2) is 0 Å². The van der Waals surface area contributed by atoms with Crippen molar-refractivity contribution in [3.05, 3.63) is 23.8 Å². The molecule has 1 atom stereocenters. The molecule has 1 unspecified atom stereocenters. The molecule has 2 rings (SSSR count). The first-order valence-corrected chi connectivity index (χ1v) is 7.05. The average molecular weight is 278 g/mol. The van der Waals surface area contributed by atoms with Crippen LogP contribution in [0.1, 0.15) is 44.2 Å². The van der Waals surface area contributed by atoms with Gasteiger partial charge < -0.3 is 21.3 Å². The summed E-state index contributed by atoms with van der Waals surface area (Å²) in [7, 11) is 0. The van der Waals surface area contributed by atoms with Crippen molar-refractivity contribution in [1.82, 2.24) is 5.32 Å². The van der Waals surface area contributed by atoms with E-state index in [1.165, 1.54) is 0 Å². The zero-order chi connectivity index (χ0) is 14.7. The van der Waals surface area contributed by atoms with E-state index in [1.54, 1.807) is 18.2 Å². The highest BCUT2D eigenvalue weighted by molar-refractivity contribution is 5.76. The molecular weight excluding hydrogens is 256 g/mol. The molecule has 20 heavy (non-hydrogen) atoms. The number of phenolic OH excluding ortho intramolecular Hbond substituents is 2. The van der Waals surface area contributed by atoms with Crippen LogP contribution in [0.4, 0.5) is 0 Å². The Kier molecular flexibility index (Phi) is 4.49. The first-order valence-electron chi connectivity index (χ1n) is 7.05. The highest BCUT2D eigenvalue weighted by atomic mass is 16.3. The summed E-state index contributed by atoms with van der Waals surface area (Å²) in [4.78, 5) is 11.1. The fourth-order valence-corrected chi connectivity index (χ4v) is 2.97. The molecule has 0 bridgehead atoms. The molecule has 0 saturated heterocycles. The van der Waals surface area contributed by atoms with Crippen LogP contribution < -0.4 is 11.1 Å². The Hall–Kier alpha value is -1.75. The van der Waals surface area contributed by atoms with E-state index in [-0.39, 0.29) is 35.4 Å². The van der Waals surface area contributed by atoms with Crippen LogP contribution in [-0.4, -0.2) is 22.2 Å². The normalized spacial score (nSPS) is 24.2. The largest absolute Gasteiger partial charge is 0.507 e. The monoisotopic (exact) mass is 278 g/mol. The Balaban J connectivity index is 1.96. The second kappa shape index (κ2) is 6.13. The Morgan fingerprint density at radius 2 is 1.80 bits per heavy atom. The Bertz CT molecular complexity index is 462. The molecule has 5 N–H and O–H groups in total. The minimum Gasteiger partial charge on any atom is -0.507 e. The molecule has 0 radical (unpaired) electrons. The lowest BCUT2D eigenvalue weighted by molar-refractivity contribution is -0.122. The van der Waals surface area contributed by atoms with Gasteiger partial charge in [0.05, 0.1) is 5.56 Å². The van der Waals surface area contributed by atoms with Crippen LogP contribution in [0.5, 0.6) is 11.5 Å². The standard InChI is InChI=1S/C15H22N2O3/c1-9(14-12(18)3-2-4-13(14)19)17-11-7-5-10(6-8-11)15(16)20/h2-4,9-11,17-19H,5-8H2,1H3,(H2,16,20). The van der Waals surface area contributed by atoms with Crippen molar-refractivity contribution in [3.63, 3.8) is 0 Å². The van der Waals surface area contributed by atoms with Gasteiger partial charge in [0, 0.05) is 18.0 Å². The lowest BCUT2D eigenvalue weighted by atomic mass is 9.85. The number of hydrogen-bond acceptors (Lipinski definition) is 4. The third kappa shape index (κ3) is 3.22. The van der Waals surface area contributed by atoms with E-state index in [0.29, 0.717) is 5.56 Å². The molecule has 110 valence electrons. The molecule has 1 saturated carbocycles. The molecule has 0 heterocycles. The van der Waals surface area contributed by atoms with Crippen LogP contribution >= 0.6 is 0 Å². The maximum Gasteiger partial charge on any atom is 0.220 e. The summed E-state index contributed by atoms with van der Waals surface area (Å²) in [6, 6.07) is 4.87. The smallest absolute Gasteiger partial charge is 0.220 e. The summed E-state index contributed by atoms with van der Waals surface area (Å²) in [5.74, 6) is -0.0385. The zero-order valence-corrected chi connectivity index (χ0v) is 11.7. The van der Waals surface area contributed by atoms with Crippen LogP contribution in [-0.2, 0) is 4.79 Å². The number of phenols is 2. The molecular formula is C15H22N2O3. The zero-order valence-electron chi connectivity index (χ0n) is 11.7. The molecule has 5 nitrogen and oxygen atoms in total. The third-order valence-corrected chi connectivity index (χ3v) is 4.11.